The van der Waals surface area contributed by atoms with Crippen molar-refractivity contribution in [2.24, 2.45) is 0 Å². The zero-order chi connectivity index (χ0) is 22.6. The summed E-state index contributed by atoms with van der Waals surface area (Å²) in [5.41, 5.74) is 2.17. The molecule has 8 nitrogen and oxygen atoms in total. The molecule has 2 aromatic carbocycles. The fourth-order valence-electron chi connectivity index (χ4n) is 3.66. The van der Waals surface area contributed by atoms with E-state index in [1.807, 2.05) is 13.8 Å². The van der Waals surface area contributed by atoms with Crippen LogP contribution in [0.2, 0.25) is 0 Å². The Balaban J connectivity index is 1.56. The van der Waals surface area contributed by atoms with Gasteiger partial charge in [0.2, 0.25) is 21.8 Å². The number of hydrogen-bond donors (Lipinski definition) is 2. The fraction of sp³-hybridized carbons (Fsp3) is 0.364. The molecule has 0 aromatic heterocycles. The summed E-state index contributed by atoms with van der Waals surface area (Å²) in [4.78, 5) is 25.7. The van der Waals surface area contributed by atoms with Crippen LogP contribution in [0.25, 0.3) is 0 Å². The van der Waals surface area contributed by atoms with Crippen LogP contribution in [-0.2, 0) is 26.0 Å². The van der Waals surface area contributed by atoms with Crippen LogP contribution in [0.5, 0.6) is 5.75 Å². The van der Waals surface area contributed by atoms with Crippen molar-refractivity contribution in [1.29, 1.82) is 0 Å². The number of hydrogen-bond acceptors (Lipinski definition) is 5. The number of benzene rings is 2. The van der Waals surface area contributed by atoms with Gasteiger partial charge in [0, 0.05) is 37.3 Å². The van der Waals surface area contributed by atoms with E-state index in [-0.39, 0.29) is 35.7 Å². The highest BCUT2D eigenvalue weighted by Crippen LogP contribution is 2.33. The van der Waals surface area contributed by atoms with Gasteiger partial charge in [-0.25, -0.2) is 13.1 Å². The Bertz CT molecular complexity index is 1070. The highest BCUT2D eigenvalue weighted by Gasteiger charge is 2.30. The van der Waals surface area contributed by atoms with Crippen LogP contribution in [0.3, 0.4) is 0 Å². The zero-order valence-corrected chi connectivity index (χ0v) is 18.7. The van der Waals surface area contributed by atoms with Crippen LogP contribution in [0.4, 0.5) is 11.4 Å². The standard InChI is InChI=1S/C22H27N3O5S/c1-4-30-19-7-5-18(6-8-19)24-22(27)11-12-23-31(28,29)20-9-10-21-17(14-20)13-15(2)25(21)16(3)26/h5-10,14-15,23H,4,11-13H2,1-3H3,(H,24,27)/t15-/m1/s1. The van der Waals surface area contributed by atoms with E-state index in [1.165, 1.54) is 13.0 Å². The van der Waals surface area contributed by atoms with Crippen molar-refractivity contribution >= 4 is 33.2 Å². The van der Waals surface area contributed by atoms with Gasteiger partial charge in [0.05, 0.1) is 11.5 Å². The van der Waals surface area contributed by atoms with Crippen LogP contribution in [0.1, 0.15) is 32.8 Å². The number of rotatable bonds is 8. The molecule has 0 spiro atoms. The smallest absolute Gasteiger partial charge is 0.240 e. The van der Waals surface area contributed by atoms with E-state index >= 15 is 0 Å². The Morgan fingerprint density at radius 2 is 1.87 bits per heavy atom. The normalized spacial score (nSPS) is 15.5. The van der Waals surface area contributed by atoms with E-state index in [1.54, 1.807) is 41.3 Å². The largest absolute Gasteiger partial charge is 0.494 e. The Labute approximate surface area is 182 Å². The summed E-state index contributed by atoms with van der Waals surface area (Å²) >= 11 is 0. The molecule has 31 heavy (non-hydrogen) atoms. The van der Waals surface area contributed by atoms with E-state index in [0.29, 0.717) is 24.5 Å². The quantitative estimate of drug-likeness (QED) is 0.650. The molecule has 0 bridgehead atoms. The molecule has 9 heteroatoms. The first-order valence-corrected chi connectivity index (χ1v) is 11.6. The molecule has 0 saturated heterocycles. The van der Waals surface area contributed by atoms with Crippen molar-refractivity contribution in [3.05, 3.63) is 48.0 Å². The van der Waals surface area contributed by atoms with Crippen molar-refractivity contribution < 1.29 is 22.7 Å². The SMILES string of the molecule is CCOc1ccc(NC(=O)CCNS(=O)(=O)c2ccc3c(c2)C[C@@H](C)N3C(C)=O)cc1. The molecule has 1 aliphatic heterocycles. The number of nitrogens with zero attached hydrogens (tertiary/aromatic N) is 1. The van der Waals surface area contributed by atoms with Crippen LogP contribution in [0.15, 0.2) is 47.4 Å². The maximum Gasteiger partial charge on any atom is 0.240 e. The number of anilines is 2. The minimum Gasteiger partial charge on any atom is -0.494 e. The highest BCUT2D eigenvalue weighted by molar-refractivity contribution is 7.89. The van der Waals surface area contributed by atoms with Gasteiger partial charge in [0.25, 0.3) is 0 Å². The lowest BCUT2D eigenvalue weighted by Gasteiger charge is -2.20. The molecule has 0 unspecified atom stereocenters. The molecule has 1 aliphatic rings. The van der Waals surface area contributed by atoms with Gasteiger partial charge in [-0.1, -0.05) is 0 Å². The third-order valence-corrected chi connectivity index (χ3v) is 6.47. The lowest BCUT2D eigenvalue weighted by atomic mass is 10.1. The number of ether oxygens (including phenoxy) is 1. The van der Waals surface area contributed by atoms with Gasteiger partial charge < -0.3 is 15.0 Å². The molecule has 0 radical (unpaired) electrons. The Morgan fingerprint density at radius 1 is 1.16 bits per heavy atom. The summed E-state index contributed by atoms with van der Waals surface area (Å²) in [5.74, 6) is 0.341. The van der Waals surface area contributed by atoms with Gasteiger partial charge >= 0.3 is 0 Å². The molecule has 2 aromatic rings. The third-order valence-electron chi connectivity index (χ3n) is 5.01. The van der Waals surface area contributed by atoms with Gasteiger partial charge in [-0.3, -0.25) is 9.59 Å². The van der Waals surface area contributed by atoms with E-state index in [9.17, 15) is 18.0 Å². The summed E-state index contributed by atoms with van der Waals surface area (Å²) in [5, 5.41) is 2.72. The van der Waals surface area contributed by atoms with E-state index in [2.05, 4.69) is 10.0 Å². The Kier molecular flexibility index (Phi) is 6.97. The summed E-state index contributed by atoms with van der Waals surface area (Å²) in [6, 6.07) is 11.7. The lowest BCUT2D eigenvalue weighted by molar-refractivity contribution is -0.117. The maximum atomic E-state index is 12.6. The number of fused-ring (bicyclic) bond motifs is 1. The Morgan fingerprint density at radius 3 is 2.52 bits per heavy atom. The summed E-state index contributed by atoms with van der Waals surface area (Å²) in [6.07, 6.45) is 0.593. The third kappa shape index (κ3) is 5.42. The summed E-state index contributed by atoms with van der Waals surface area (Å²) in [7, 11) is -3.77. The molecular formula is C22H27N3O5S. The minimum atomic E-state index is -3.77. The van der Waals surface area contributed by atoms with Crippen molar-refractivity contribution in [3.8, 4) is 5.75 Å². The molecule has 0 fully saturated rings. The van der Waals surface area contributed by atoms with Gasteiger partial charge in [0.15, 0.2) is 0 Å². The topological polar surface area (TPSA) is 105 Å². The number of carbonyl (C=O) groups is 2. The van der Waals surface area contributed by atoms with Crippen molar-refractivity contribution in [2.75, 3.05) is 23.4 Å². The molecule has 1 atom stereocenters. The van der Waals surface area contributed by atoms with Crippen LogP contribution >= 0.6 is 0 Å². The van der Waals surface area contributed by atoms with Gasteiger partial charge in [-0.15, -0.1) is 0 Å². The van der Waals surface area contributed by atoms with Crippen molar-refractivity contribution in [1.82, 2.24) is 4.72 Å². The lowest BCUT2D eigenvalue weighted by Crippen LogP contribution is -2.33. The average molecular weight is 446 g/mol. The second kappa shape index (κ2) is 9.49. The molecular weight excluding hydrogens is 418 g/mol. The predicted molar refractivity (Wildman–Crippen MR) is 119 cm³/mol. The van der Waals surface area contributed by atoms with E-state index < -0.39 is 10.0 Å². The fourth-order valence-corrected chi connectivity index (χ4v) is 4.74. The molecule has 2 N–H and O–H groups in total. The van der Waals surface area contributed by atoms with Gasteiger partial charge in [-0.05, 0) is 68.3 Å². The molecule has 1 heterocycles. The van der Waals surface area contributed by atoms with E-state index in [4.69, 9.17) is 4.74 Å². The molecule has 2 amide bonds. The summed E-state index contributed by atoms with van der Waals surface area (Å²) in [6.45, 7) is 5.84. The van der Waals surface area contributed by atoms with E-state index in [0.717, 1.165) is 11.3 Å². The van der Waals surface area contributed by atoms with Crippen molar-refractivity contribution in [3.63, 3.8) is 0 Å². The predicted octanol–water partition coefficient (Wildman–Crippen LogP) is 2.69. The number of sulfonamides is 1. The molecule has 3 rings (SSSR count). The maximum absolute atomic E-state index is 12.6. The second-order valence-electron chi connectivity index (χ2n) is 7.39. The Hall–Kier alpha value is -2.91. The van der Waals surface area contributed by atoms with Gasteiger partial charge in [0.1, 0.15) is 5.75 Å². The van der Waals surface area contributed by atoms with Crippen LogP contribution in [0, 0.1) is 0 Å². The number of amides is 2. The second-order valence-corrected chi connectivity index (χ2v) is 9.15. The van der Waals surface area contributed by atoms with Crippen molar-refractivity contribution in [2.45, 2.75) is 44.6 Å². The number of carbonyl (C=O) groups excluding carboxylic acids is 2. The van der Waals surface area contributed by atoms with Crippen LogP contribution in [-0.4, -0.2) is 39.4 Å². The molecule has 166 valence electrons. The highest BCUT2D eigenvalue weighted by atomic mass is 32.2. The average Bonchev–Trinajstić information content (AvgIpc) is 3.04. The first kappa shape index (κ1) is 22.8. The minimum absolute atomic E-state index is 0.00741. The zero-order valence-electron chi connectivity index (χ0n) is 17.8. The van der Waals surface area contributed by atoms with Crippen LogP contribution < -0.4 is 19.7 Å². The van der Waals surface area contributed by atoms with Gasteiger partial charge in [-0.2, -0.15) is 0 Å². The summed E-state index contributed by atoms with van der Waals surface area (Å²) < 4.78 is 33.1. The number of nitrogens with one attached hydrogen (secondary N) is 2. The molecule has 0 saturated carbocycles. The first-order valence-electron chi connectivity index (χ1n) is 10.2. The monoisotopic (exact) mass is 445 g/mol. The molecule has 0 aliphatic carbocycles. The first-order chi connectivity index (χ1) is 14.7.